The van der Waals surface area contributed by atoms with Gasteiger partial charge in [0.2, 0.25) is 5.91 Å². The third-order valence-corrected chi connectivity index (χ3v) is 3.41. The zero-order valence-electron chi connectivity index (χ0n) is 10.2. The Morgan fingerprint density at radius 3 is 2.65 bits per heavy atom. The van der Waals surface area contributed by atoms with Gasteiger partial charge in [0.05, 0.1) is 18.7 Å². The fourth-order valence-corrected chi connectivity index (χ4v) is 1.94. The molecular formula is C11H20FNO3S. The molecule has 2 atom stereocenters. The molecule has 0 spiro atoms. The summed E-state index contributed by atoms with van der Waals surface area (Å²) < 4.78 is 12.0. The number of aliphatic hydroxyl groups excluding tert-OH is 1. The van der Waals surface area contributed by atoms with Crippen LogP contribution in [-0.2, 0) is 9.59 Å². The normalized spacial score (nSPS) is 14.1. The van der Waals surface area contributed by atoms with E-state index in [2.05, 4.69) is 5.32 Å². The zero-order chi connectivity index (χ0) is 13.3. The van der Waals surface area contributed by atoms with Crippen LogP contribution < -0.4 is 5.32 Å². The lowest BCUT2D eigenvalue weighted by Crippen LogP contribution is -2.27. The smallest absolute Gasteiger partial charge is 0.219 e. The van der Waals surface area contributed by atoms with Gasteiger partial charge in [-0.15, -0.1) is 0 Å². The molecule has 0 fully saturated rings. The Balaban J connectivity index is 3.74. The summed E-state index contributed by atoms with van der Waals surface area (Å²) in [6.07, 6.45) is -0.519. The number of alkyl halides is 1. The summed E-state index contributed by atoms with van der Waals surface area (Å²) in [5.74, 6) is -0.154. The molecule has 0 saturated carbocycles. The molecule has 6 heteroatoms. The van der Waals surface area contributed by atoms with E-state index < -0.39 is 18.7 Å². The van der Waals surface area contributed by atoms with Crippen molar-refractivity contribution in [2.75, 3.05) is 19.0 Å². The number of nitrogens with one attached hydrogen (secondary N) is 1. The maximum Gasteiger partial charge on any atom is 0.219 e. The van der Waals surface area contributed by atoms with Gasteiger partial charge in [0.15, 0.2) is 5.12 Å². The molecule has 0 aromatic carbocycles. The second-order valence-electron chi connectivity index (χ2n) is 3.70. The van der Waals surface area contributed by atoms with Crippen LogP contribution in [0.25, 0.3) is 0 Å². The quantitative estimate of drug-likeness (QED) is 0.646. The number of hydrogen-bond acceptors (Lipinski definition) is 4. The fraction of sp³-hybridized carbons (Fsp3) is 0.818. The average Bonchev–Trinajstić information content (AvgIpc) is 2.33. The highest BCUT2D eigenvalue weighted by Gasteiger charge is 2.21. The fourth-order valence-electron chi connectivity index (χ4n) is 1.12. The molecule has 1 amide bonds. The maximum absolute atomic E-state index is 12.0. The lowest BCUT2D eigenvalue weighted by molar-refractivity contribution is -0.120. The van der Waals surface area contributed by atoms with Gasteiger partial charge in [-0.1, -0.05) is 25.6 Å². The molecule has 0 rings (SSSR count). The first-order valence-electron chi connectivity index (χ1n) is 5.70. The summed E-state index contributed by atoms with van der Waals surface area (Å²) in [5.41, 5.74) is 0. The molecule has 0 aliphatic carbocycles. The standard InChI is InChI=1S/C11H20FNO3S/c1-3-10(15)13-6-7-17-11(16)8(2)9(14)4-5-12/h8-9,14H,3-7H2,1-2H3,(H,13,15)/t8-,9-/m1/s1. The van der Waals surface area contributed by atoms with Crippen molar-refractivity contribution < 1.29 is 19.1 Å². The van der Waals surface area contributed by atoms with E-state index in [1.807, 2.05) is 0 Å². The summed E-state index contributed by atoms with van der Waals surface area (Å²) in [4.78, 5) is 22.4. The first kappa shape index (κ1) is 16.4. The molecule has 0 heterocycles. The first-order valence-corrected chi connectivity index (χ1v) is 6.68. The number of carbonyl (C=O) groups is 2. The van der Waals surface area contributed by atoms with E-state index in [0.29, 0.717) is 18.7 Å². The van der Waals surface area contributed by atoms with E-state index >= 15 is 0 Å². The Hall–Kier alpha value is -0.620. The van der Waals surface area contributed by atoms with Crippen LogP contribution in [0.5, 0.6) is 0 Å². The van der Waals surface area contributed by atoms with Gasteiger partial charge in [-0.2, -0.15) is 0 Å². The van der Waals surface area contributed by atoms with Crippen molar-refractivity contribution in [3.63, 3.8) is 0 Å². The van der Waals surface area contributed by atoms with Crippen LogP contribution in [0.15, 0.2) is 0 Å². The van der Waals surface area contributed by atoms with Gasteiger partial charge >= 0.3 is 0 Å². The number of thioether (sulfide) groups is 1. The Bertz CT molecular complexity index is 251. The van der Waals surface area contributed by atoms with Gasteiger partial charge in [0.1, 0.15) is 0 Å². The highest BCUT2D eigenvalue weighted by molar-refractivity contribution is 8.13. The number of hydrogen-bond donors (Lipinski definition) is 2. The van der Waals surface area contributed by atoms with Gasteiger partial charge in [-0.25, -0.2) is 0 Å². The van der Waals surface area contributed by atoms with Crippen molar-refractivity contribution in [2.24, 2.45) is 5.92 Å². The Morgan fingerprint density at radius 2 is 2.12 bits per heavy atom. The van der Waals surface area contributed by atoms with Crippen LogP contribution in [0.2, 0.25) is 0 Å². The molecule has 0 saturated heterocycles. The van der Waals surface area contributed by atoms with Crippen LogP contribution >= 0.6 is 11.8 Å². The van der Waals surface area contributed by atoms with E-state index in [0.717, 1.165) is 11.8 Å². The van der Waals surface area contributed by atoms with E-state index in [1.54, 1.807) is 13.8 Å². The predicted molar refractivity (Wildman–Crippen MR) is 66.5 cm³/mol. The summed E-state index contributed by atoms with van der Waals surface area (Å²) in [5, 5.41) is 11.9. The Kier molecular flexibility index (Phi) is 9.07. The molecule has 100 valence electrons. The largest absolute Gasteiger partial charge is 0.392 e. The second-order valence-corrected chi connectivity index (χ2v) is 4.80. The molecule has 0 aromatic rings. The van der Waals surface area contributed by atoms with Crippen molar-refractivity contribution in [1.82, 2.24) is 5.32 Å². The molecule has 2 N–H and O–H groups in total. The monoisotopic (exact) mass is 265 g/mol. The van der Waals surface area contributed by atoms with Crippen molar-refractivity contribution in [2.45, 2.75) is 32.8 Å². The minimum Gasteiger partial charge on any atom is -0.392 e. The Morgan fingerprint density at radius 1 is 1.47 bits per heavy atom. The van der Waals surface area contributed by atoms with E-state index in [9.17, 15) is 19.1 Å². The van der Waals surface area contributed by atoms with Crippen LogP contribution in [0.3, 0.4) is 0 Å². The number of halogens is 1. The van der Waals surface area contributed by atoms with Crippen LogP contribution in [0, 0.1) is 5.92 Å². The minimum atomic E-state index is -0.926. The van der Waals surface area contributed by atoms with Crippen molar-refractivity contribution >= 4 is 22.8 Å². The summed E-state index contributed by atoms with van der Waals surface area (Å²) >= 11 is 1.06. The SMILES string of the molecule is CCC(=O)NCCSC(=O)[C@H](C)[C@H](O)CCF. The minimum absolute atomic E-state index is 0.0139. The van der Waals surface area contributed by atoms with Gasteiger partial charge in [0, 0.05) is 25.1 Å². The molecule has 0 unspecified atom stereocenters. The van der Waals surface area contributed by atoms with Gasteiger partial charge in [-0.3, -0.25) is 14.0 Å². The predicted octanol–water partition coefficient (Wildman–Crippen LogP) is 1.13. The van der Waals surface area contributed by atoms with Gasteiger partial charge in [0.25, 0.3) is 0 Å². The third kappa shape index (κ3) is 7.33. The number of amides is 1. The van der Waals surface area contributed by atoms with E-state index in [-0.39, 0.29) is 17.4 Å². The molecular weight excluding hydrogens is 245 g/mol. The van der Waals surface area contributed by atoms with E-state index in [4.69, 9.17) is 0 Å². The number of aliphatic hydroxyl groups is 1. The van der Waals surface area contributed by atoms with Crippen LogP contribution in [0.1, 0.15) is 26.7 Å². The number of rotatable bonds is 8. The summed E-state index contributed by atoms with van der Waals surface area (Å²) in [6.45, 7) is 3.13. The van der Waals surface area contributed by atoms with Crippen LogP contribution in [0.4, 0.5) is 4.39 Å². The molecule has 17 heavy (non-hydrogen) atoms. The van der Waals surface area contributed by atoms with E-state index in [1.165, 1.54) is 0 Å². The Labute approximate surface area is 105 Å². The third-order valence-electron chi connectivity index (χ3n) is 2.34. The lowest BCUT2D eigenvalue weighted by atomic mass is 10.0. The molecule has 0 aliphatic rings. The maximum atomic E-state index is 12.0. The summed E-state index contributed by atoms with van der Waals surface area (Å²) in [7, 11) is 0. The van der Waals surface area contributed by atoms with Crippen LogP contribution in [-0.4, -0.2) is 41.2 Å². The summed E-state index contributed by atoms with van der Waals surface area (Å²) in [6, 6.07) is 0. The molecule has 0 bridgehead atoms. The van der Waals surface area contributed by atoms with Crippen molar-refractivity contribution in [1.29, 1.82) is 0 Å². The molecule has 0 aliphatic heterocycles. The lowest BCUT2D eigenvalue weighted by Gasteiger charge is -2.15. The van der Waals surface area contributed by atoms with Gasteiger partial charge in [-0.05, 0) is 0 Å². The van der Waals surface area contributed by atoms with Crippen molar-refractivity contribution in [3.8, 4) is 0 Å². The van der Waals surface area contributed by atoms with Gasteiger partial charge < -0.3 is 10.4 Å². The first-order chi connectivity index (χ1) is 8.02. The topological polar surface area (TPSA) is 66.4 Å². The highest BCUT2D eigenvalue weighted by atomic mass is 32.2. The second kappa shape index (κ2) is 9.41. The average molecular weight is 265 g/mol. The van der Waals surface area contributed by atoms with Crippen molar-refractivity contribution in [3.05, 3.63) is 0 Å². The molecule has 0 aromatic heterocycles. The zero-order valence-corrected chi connectivity index (χ0v) is 11.1. The molecule has 0 radical (unpaired) electrons. The number of carbonyl (C=O) groups excluding carboxylic acids is 2. The molecule has 4 nitrogen and oxygen atoms in total. The highest BCUT2D eigenvalue weighted by Crippen LogP contribution is 2.16.